The summed E-state index contributed by atoms with van der Waals surface area (Å²) >= 11 is 0. The first-order valence-corrected chi connectivity index (χ1v) is 7.50. The first-order chi connectivity index (χ1) is 12.1. The number of carbonyl (C=O) groups excluding carboxylic acids is 1. The van der Waals surface area contributed by atoms with Gasteiger partial charge < -0.3 is 9.73 Å². The molecule has 1 N–H and O–H groups in total. The number of benzene rings is 1. The lowest BCUT2D eigenvalue weighted by atomic mass is 10.2. The van der Waals surface area contributed by atoms with Crippen molar-refractivity contribution in [3.8, 4) is 6.07 Å². The van der Waals surface area contributed by atoms with Crippen molar-refractivity contribution in [3.63, 3.8) is 0 Å². The first kappa shape index (κ1) is 16.3. The Morgan fingerprint density at radius 3 is 2.52 bits per heavy atom. The third-order valence-electron chi connectivity index (χ3n) is 3.50. The largest absolute Gasteiger partial charge is 0.464 e. The second-order valence-electron chi connectivity index (χ2n) is 5.39. The van der Waals surface area contributed by atoms with E-state index < -0.39 is 6.03 Å². The van der Waals surface area contributed by atoms with Crippen molar-refractivity contribution < 1.29 is 13.8 Å². The Kier molecular flexibility index (Phi) is 4.48. The molecule has 0 saturated carbocycles. The molecule has 3 aromatic rings. The summed E-state index contributed by atoms with van der Waals surface area (Å²) in [6.45, 7) is 3.69. The minimum atomic E-state index is -0.419. The van der Waals surface area contributed by atoms with Crippen LogP contribution in [0.5, 0.6) is 0 Å². The van der Waals surface area contributed by atoms with Crippen molar-refractivity contribution in [2.45, 2.75) is 20.4 Å². The van der Waals surface area contributed by atoms with E-state index in [1.54, 1.807) is 37.3 Å². The van der Waals surface area contributed by atoms with Gasteiger partial charge in [0.15, 0.2) is 0 Å². The smallest absolute Gasteiger partial charge is 0.328 e. The maximum Gasteiger partial charge on any atom is 0.328 e. The number of aromatic nitrogens is 2. The summed E-state index contributed by atoms with van der Waals surface area (Å²) in [5, 5.41) is 19.1. The third-order valence-corrected chi connectivity index (χ3v) is 3.50. The predicted molar refractivity (Wildman–Crippen MR) is 88.8 cm³/mol. The molecule has 3 rings (SSSR count). The molecule has 8 heteroatoms. The molecule has 0 spiro atoms. The van der Waals surface area contributed by atoms with Gasteiger partial charge in [0.2, 0.25) is 5.82 Å². The maximum atomic E-state index is 12.7. The summed E-state index contributed by atoms with van der Waals surface area (Å²) in [4.78, 5) is 14.1. The Morgan fingerprint density at radius 2 is 1.96 bits per heavy atom. The number of nitrogens with one attached hydrogen (secondary N) is 1. The molecule has 0 bridgehead atoms. The van der Waals surface area contributed by atoms with Gasteiger partial charge in [-0.25, -0.2) is 9.42 Å². The third kappa shape index (κ3) is 3.67. The summed E-state index contributed by atoms with van der Waals surface area (Å²) in [6, 6.07) is 11.8. The molecular weight excluding hydrogens is 322 g/mol. The molecule has 0 aliphatic carbocycles. The Balaban J connectivity index is 1.83. The van der Waals surface area contributed by atoms with E-state index in [9.17, 15) is 4.79 Å². The van der Waals surface area contributed by atoms with Crippen molar-refractivity contribution in [3.05, 3.63) is 59.2 Å². The molecule has 1 aromatic carbocycles. The van der Waals surface area contributed by atoms with Crippen LogP contribution < -0.4 is 10.2 Å². The van der Waals surface area contributed by atoms with E-state index in [1.807, 2.05) is 19.1 Å². The molecule has 0 aliphatic rings. The lowest BCUT2D eigenvalue weighted by Gasteiger charge is -2.19. The number of carbonyl (C=O) groups is 1. The summed E-state index contributed by atoms with van der Waals surface area (Å²) in [5.74, 6) is 1.66. The Hall–Kier alpha value is -3.60. The number of hydrogen-bond acceptors (Lipinski definition) is 6. The number of anilines is 2. The summed E-state index contributed by atoms with van der Waals surface area (Å²) in [7, 11) is 0. The number of hydrogen-bond donors (Lipinski definition) is 1. The van der Waals surface area contributed by atoms with E-state index >= 15 is 0 Å². The standard InChI is InChI=1S/C17H15N5O3/c1-11-3-8-15(24-11)10-22(16-12(2)20-25-21-16)17(23)19-14-6-4-13(9-18)5-7-14/h3-8H,10H2,1-2H3,(H,19,23). The van der Waals surface area contributed by atoms with Gasteiger partial charge in [0.05, 0.1) is 18.2 Å². The van der Waals surface area contributed by atoms with E-state index in [0.717, 1.165) is 5.76 Å². The SMILES string of the molecule is Cc1ccc(CN(C(=O)Nc2ccc(C#N)cc2)c2nonc2C)o1. The van der Waals surface area contributed by atoms with Crippen LogP contribution in [0, 0.1) is 25.2 Å². The van der Waals surface area contributed by atoms with E-state index in [2.05, 4.69) is 15.6 Å². The average molecular weight is 337 g/mol. The summed E-state index contributed by atoms with van der Waals surface area (Å²) in [5.41, 5.74) is 1.55. The van der Waals surface area contributed by atoms with Crippen LogP contribution in [0.1, 0.15) is 22.8 Å². The fourth-order valence-electron chi connectivity index (χ4n) is 2.26. The lowest BCUT2D eigenvalue weighted by Crippen LogP contribution is -2.35. The molecule has 8 nitrogen and oxygen atoms in total. The van der Waals surface area contributed by atoms with Crippen molar-refractivity contribution in [1.82, 2.24) is 10.3 Å². The molecule has 0 saturated heterocycles. The zero-order valence-corrected chi connectivity index (χ0v) is 13.7. The van der Waals surface area contributed by atoms with Crippen LogP contribution >= 0.6 is 0 Å². The van der Waals surface area contributed by atoms with Crippen molar-refractivity contribution in [2.75, 3.05) is 10.2 Å². The quantitative estimate of drug-likeness (QED) is 0.781. The molecule has 0 radical (unpaired) electrons. The average Bonchev–Trinajstić information content (AvgIpc) is 3.21. The molecule has 0 fully saturated rings. The second-order valence-corrected chi connectivity index (χ2v) is 5.39. The number of aryl methyl sites for hydroxylation is 2. The number of amides is 2. The Morgan fingerprint density at radius 1 is 1.20 bits per heavy atom. The topological polar surface area (TPSA) is 108 Å². The number of urea groups is 1. The van der Waals surface area contributed by atoms with Crippen LogP contribution in [0.2, 0.25) is 0 Å². The zero-order chi connectivity index (χ0) is 17.8. The highest BCUT2D eigenvalue weighted by Crippen LogP contribution is 2.21. The van der Waals surface area contributed by atoms with Gasteiger partial charge >= 0.3 is 6.03 Å². The van der Waals surface area contributed by atoms with Crippen LogP contribution in [0.3, 0.4) is 0 Å². The maximum absolute atomic E-state index is 12.7. The number of furan rings is 1. The molecule has 2 heterocycles. The summed E-state index contributed by atoms with van der Waals surface area (Å²) < 4.78 is 10.3. The molecular formula is C17H15N5O3. The molecule has 25 heavy (non-hydrogen) atoms. The van der Waals surface area contributed by atoms with Gasteiger partial charge in [0, 0.05) is 5.69 Å². The first-order valence-electron chi connectivity index (χ1n) is 7.50. The number of nitrogens with zero attached hydrogens (tertiary/aromatic N) is 4. The zero-order valence-electron chi connectivity index (χ0n) is 13.7. The fraction of sp³-hybridized carbons (Fsp3) is 0.176. The normalized spacial score (nSPS) is 10.3. The van der Waals surface area contributed by atoms with Gasteiger partial charge in [-0.1, -0.05) is 5.16 Å². The van der Waals surface area contributed by atoms with Crippen LogP contribution in [-0.2, 0) is 6.54 Å². The second kappa shape index (κ2) is 6.88. The fourth-order valence-corrected chi connectivity index (χ4v) is 2.26. The highest BCUT2D eigenvalue weighted by atomic mass is 16.6. The lowest BCUT2D eigenvalue weighted by molar-refractivity contribution is 0.255. The monoisotopic (exact) mass is 337 g/mol. The molecule has 0 unspecified atom stereocenters. The molecule has 0 atom stereocenters. The molecule has 2 amide bonds. The summed E-state index contributed by atoms with van der Waals surface area (Å²) in [6.07, 6.45) is 0. The van der Waals surface area contributed by atoms with E-state index in [-0.39, 0.29) is 6.54 Å². The Bertz CT molecular complexity index is 920. The highest BCUT2D eigenvalue weighted by molar-refractivity contribution is 6.01. The molecule has 0 aliphatic heterocycles. The van der Waals surface area contributed by atoms with Crippen LogP contribution in [0.25, 0.3) is 0 Å². The van der Waals surface area contributed by atoms with Crippen molar-refractivity contribution in [2.24, 2.45) is 0 Å². The van der Waals surface area contributed by atoms with Crippen molar-refractivity contribution in [1.29, 1.82) is 5.26 Å². The number of rotatable bonds is 4. The van der Waals surface area contributed by atoms with Gasteiger partial charge in [-0.05, 0) is 55.4 Å². The van der Waals surface area contributed by atoms with E-state index in [1.165, 1.54) is 4.90 Å². The Labute approximate surface area is 143 Å². The van der Waals surface area contributed by atoms with Crippen LogP contribution in [-0.4, -0.2) is 16.3 Å². The minimum Gasteiger partial charge on any atom is -0.464 e. The molecule has 2 aromatic heterocycles. The van der Waals surface area contributed by atoms with E-state index in [4.69, 9.17) is 14.3 Å². The van der Waals surface area contributed by atoms with Gasteiger partial charge in [-0.3, -0.25) is 4.90 Å². The van der Waals surface area contributed by atoms with E-state index in [0.29, 0.717) is 28.5 Å². The van der Waals surface area contributed by atoms with Crippen LogP contribution in [0.15, 0.2) is 45.4 Å². The highest BCUT2D eigenvalue weighted by Gasteiger charge is 2.23. The number of nitriles is 1. The van der Waals surface area contributed by atoms with Gasteiger partial charge in [0.25, 0.3) is 0 Å². The predicted octanol–water partition coefficient (Wildman–Crippen LogP) is 3.39. The van der Waals surface area contributed by atoms with Gasteiger partial charge in [-0.15, -0.1) is 0 Å². The van der Waals surface area contributed by atoms with Crippen LogP contribution in [0.4, 0.5) is 16.3 Å². The molecule has 126 valence electrons. The minimum absolute atomic E-state index is 0.172. The van der Waals surface area contributed by atoms with Gasteiger partial charge in [0.1, 0.15) is 17.2 Å². The van der Waals surface area contributed by atoms with Gasteiger partial charge in [-0.2, -0.15) is 5.26 Å². The van der Waals surface area contributed by atoms with Crippen molar-refractivity contribution >= 4 is 17.5 Å².